The third-order valence-corrected chi connectivity index (χ3v) is 5.27. The second-order valence-corrected chi connectivity index (χ2v) is 6.89. The molecule has 0 radical (unpaired) electrons. The lowest BCUT2D eigenvalue weighted by Crippen LogP contribution is -2.50. The Labute approximate surface area is 157 Å². The molecule has 3 rings (SSSR count). The van der Waals surface area contributed by atoms with E-state index in [4.69, 9.17) is 4.74 Å². The Hall–Kier alpha value is -2.47. The van der Waals surface area contributed by atoms with Crippen LogP contribution in [0.15, 0.2) is 53.4 Å². The molecule has 0 aromatic heterocycles. The van der Waals surface area contributed by atoms with Crippen molar-refractivity contribution in [1.82, 2.24) is 9.80 Å². The molecule has 0 unspecified atom stereocenters. The van der Waals surface area contributed by atoms with Gasteiger partial charge < -0.3 is 14.5 Å². The molecule has 1 saturated heterocycles. The largest absolute Gasteiger partial charge is 0.496 e. The number of rotatable bonds is 4. The van der Waals surface area contributed by atoms with Crippen molar-refractivity contribution in [2.45, 2.75) is 4.90 Å². The van der Waals surface area contributed by atoms with Gasteiger partial charge in [-0.05, 0) is 42.7 Å². The molecule has 0 saturated carbocycles. The van der Waals surface area contributed by atoms with Gasteiger partial charge in [0.25, 0.3) is 11.8 Å². The first-order valence-corrected chi connectivity index (χ1v) is 9.72. The Morgan fingerprint density at radius 2 is 1.46 bits per heavy atom. The van der Waals surface area contributed by atoms with E-state index in [0.717, 1.165) is 4.90 Å². The Kier molecular flexibility index (Phi) is 5.83. The molecule has 0 atom stereocenters. The molecule has 2 aromatic carbocycles. The highest BCUT2D eigenvalue weighted by atomic mass is 32.2. The van der Waals surface area contributed by atoms with Gasteiger partial charge in [-0.1, -0.05) is 12.1 Å². The molecule has 2 amide bonds. The second-order valence-electron chi connectivity index (χ2n) is 6.01. The van der Waals surface area contributed by atoms with Gasteiger partial charge in [0.15, 0.2) is 0 Å². The minimum atomic E-state index is -0.0566. The van der Waals surface area contributed by atoms with Crippen molar-refractivity contribution >= 4 is 23.6 Å². The van der Waals surface area contributed by atoms with Crippen LogP contribution in [0, 0.1) is 0 Å². The number of ether oxygens (including phenoxy) is 1. The standard InChI is InChI=1S/C20H22N2O3S/c1-25-18-6-4-3-5-17(18)20(24)22-13-11-21(12-14-22)19(23)15-7-9-16(26-2)10-8-15/h3-10H,11-14H2,1-2H3. The first-order valence-electron chi connectivity index (χ1n) is 8.49. The van der Waals surface area contributed by atoms with E-state index in [-0.39, 0.29) is 11.8 Å². The zero-order valence-corrected chi connectivity index (χ0v) is 15.8. The summed E-state index contributed by atoms with van der Waals surface area (Å²) in [5.41, 5.74) is 1.25. The number of piperazine rings is 1. The predicted octanol–water partition coefficient (Wildman–Crippen LogP) is 3.02. The molecule has 1 fully saturated rings. The highest BCUT2D eigenvalue weighted by molar-refractivity contribution is 7.98. The molecule has 0 aliphatic carbocycles. The first kappa shape index (κ1) is 18.3. The molecule has 136 valence electrons. The maximum Gasteiger partial charge on any atom is 0.257 e. The number of amides is 2. The molecule has 0 bridgehead atoms. The second kappa shape index (κ2) is 8.27. The summed E-state index contributed by atoms with van der Waals surface area (Å²) in [6, 6.07) is 14.9. The summed E-state index contributed by atoms with van der Waals surface area (Å²) in [7, 11) is 1.56. The summed E-state index contributed by atoms with van der Waals surface area (Å²) < 4.78 is 5.28. The lowest BCUT2D eigenvalue weighted by Gasteiger charge is -2.35. The average Bonchev–Trinajstić information content (AvgIpc) is 2.73. The van der Waals surface area contributed by atoms with Gasteiger partial charge in [0.1, 0.15) is 5.75 Å². The number of para-hydroxylation sites is 1. The van der Waals surface area contributed by atoms with E-state index >= 15 is 0 Å². The van der Waals surface area contributed by atoms with Crippen molar-refractivity contribution in [3.63, 3.8) is 0 Å². The molecule has 0 N–H and O–H groups in total. The number of methoxy groups -OCH3 is 1. The minimum Gasteiger partial charge on any atom is -0.496 e. The molecule has 1 aliphatic rings. The highest BCUT2D eigenvalue weighted by Gasteiger charge is 2.26. The van der Waals surface area contributed by atoms with Gasteiger partial charge >= 0.3 is 0 Å². The summed E-state index contributed by atoms with van der Waals surface area (Å²) in [5, 5.41) is 0. The topological polar surface area (TPSA) is 49.9 Å². The maximum atomic E-state index is 12.7. The lowest BCUT2D eigenvalue weighted by molar-refractivity contribution is 0.0533. The van der Waals surface area contributed by atoms with E-state index in [1.54, 1.807) is 40.8 Å². The molecular weight excluding hydrogens is 348 g/mol. The fraction of sp³-hybridized carbons (Fsp3) is 0.300. The highest BCUT2D eigenvalue weighted by Crippen LogP contribution is 2.21. The Balaban J connectivity index is 1.63. The van der Waals surface area contributed by atoms with Crippen LogP contribution in [0.2, 0.25) is 0 Å². The first-order chi connectivity index (χ1) is 12.6. The van der Waals surface area contributed by atoms with Crippen molar-refractivity contribution in [2.24, 2.45) is 0 Å². The fourth-order valence-corrected chi connectivity index (χ4v) is 3.43. The number of carbonyl (C=O) groups excluding carboxylic acids is 2. The van der Waals surface area contributed by atoms with E-state index < -0.39 is 0 Å². The van der Waals surface area contributed by atoms with Crippen LogP contribution in [-0.4, -0.2) is 61.2 Å². The van der Waals surface area contributed by atoms with Crippen molar-refractivity contribution in [2.75, 3.05) is 39.5 Å². The predicted molar refractivity (Wildman–Crippen MR) is 103 cm³/mol. The summed E-state index contributed by atoms with van der Waals surface area (Å²) in [6.45, 7) is 2.10. The molecule has 1 heterocycles. The van der Waals surface area contributed by atoms with Crippen LogP contribution in [-0.2, 0) is 0 Å². The van der Waals surface area contributed by atoms with Gasteiger partial charge in [0.05, 0.1) is 12.7 Å². The van der Waals surface area contributed by atoms with Crippen molar-refractivity contribution in [1.29, 1.82) is 0 Å². The van der Waals surface area contributed by atoms with Crippen LogP contribution in [0.4, 0.5) is 0 Å². The van der Waals surface area contributed by atoms with Crippen LogP contribution >= 0.6 is 11.8 Å². The Morgan fingerprint density at radius 1 is 0.885 bits per heavy atom. The van der Waals surface area contributed by atoms with Gasteiger partial charge in [-0.15, -0.1) is 11.8 Å². The van der Waals surface area contributed by atoms with Crippen molar-refractivity contribution in [3.8, 4) is 5.75 Å². The molecule has 6 heteroatoms. The third kappa shape index (κ3) is 3.85. The number of thioether (sulfide) groups is 1. The minimum absolute atomic E-state index is 0.0158. The molecule has 5 nitrogen and oxygen atoms in total. The van der Waals surface area contributed by atoms with E-state index in [0.29, 0.717) is 43.1 Å². The molecule has 1 aliphatic heterocycles. The van der Waals surface area contributed by atoms with Crippen molar-refractivity contribution < 1.29 is 14.3 Å². The summed E-state index contributed by atoms with van der Waals surface area (Å²) >= 11 is 1.65. The maximum absolute atomic E-state index is 12.7. The van der Waals surface area contributed by atoms with E-state index in [9.17, 15) is 9.59 Å². The van der Waals surface area contributed by atoms with E-state index in [1.807, 2.05) is 42.7 Å². The molecular formula is C20H22N2O3S. The van der Waals surface area contributed by atoms with E-state index in [1.165, 1.54) is 0 Å². The number of benzene rings is 2. The van der Waals surface area contributed by atoms with Crippen LogP contribution in [0.25, 0.3) is 0 Å². The number of carbonyl (C=O) groups is 2. The lowest BCUT2D eigenvalue weighted by atomic mass is 10.1. The Morgan fingerprint density at radius 3 is 2.04 bits per heavy atom. The van der Waals surface area contributed by atoms with Crippen LogP contribution < -0.4 is 4.74 Å². The fourth-order valence-electron chi connectivity index (χ4n) is 3.02. The number of hydrogen-bond donors (Lipinski definition) is 0. The zero-order chi connectivity index (χ0) is 18.5. The van der Waals surface area contributed by atoms with Crippen LogP contribution in [0.3, 0.4) is 0 Å². The summed E-state index contributed by atoms with van der Waals surface area (Å²) in [6.07, 6.45) is 2.01. The SMILES string of the molecule is COc1ccccc1C(=O)N1CCN(C(=O)c2ccc(SC)cc2)CC1. The quantitative estimate of drug-likeness (QED) is 0.777. The average molecular weight is 370 g/mol. The van der Waals surface area contributed by atoms with Gasteiger partial charge in [-0.2, -0.15) is 0 Å². The van der Waals surface area contributed by atoms with Crippen molar-refractivity contribution in [3.05, 3.63) is 59.7 Å². The van der Waals surface area contributed by atoms with Gasteiger partial charge in [0, 0.05) is 36.6 Å². The molecule has 0 spiro atoms. The van der Waals surface area contributed by atoms with Gasteiger partial charge in [-0.3, -0.25) is 9.59 Å². The van der Waals surface area contributed by atoms with Gasteiger partial charge in [-0.25, -0.2) is 0 Å². The number of nitrogens with zero attached hydrogens (tertiary/aromatic N) is 2. The third-order valence-electron chi connectivity index (χ3n) is 4.53. The summed E-state index contributed by atoms with van der Waals surface area (Å²) in [5.74, 6) is 0.533. The Bertz CT molecular complexity index is 784. The summed E-state index contributed by atoms with van der Waals surface area (Å²) in [4.78, 5) is 30.1. The van der Waals surface area contributed by atoms with E-state index in [2.05, 4.69) is 0 Å². The normalized spacial score (nSPS) is 14.2. The van der Waals surface area contributed by atoms with Gasteiger partial charge in [0.2, 0.25) is 0 Å². The monoisotopic (exact) mass is 370 g/mol. The molecule has 26 heavy (non-hydrogen) atoms. The van der Waals surface area contributed by atoms with Crippen LogP contribution in [0.1, 0.15) is 20.7 Å². The number of hydrogen-bond acceptors (Lipinski definition) is 4. The zero-order valence-electron chi connectivity index (χ0n) is 15.0. The molecule has 2 aromatic rings. The van der Waals surface area contributed by atoms with Crippen LogP contribution in [0.5, 0.6) is 5.75 Å². The smallest absolute Gasteiger partial charge is 0.257 e.